The van der Waals surface area contributed by atoms with Gasteiger partial charge in [-0.25, -0.2) is 0 Å². The topological polar surface area (TPSA) is 36.3 Å². The maximum atomic E-state index is 8.31. The Morgan fingerprint density at radius 2 is 2.00 bits per heavy atom. The van der Waals surface area contributed by atoms with Gasteiger partial charge in [0.25, 0.3) is 0 Å². The van der Waals surface area contributed by atoms with Gasteiger partial charge in [0.2, 0.25) is 0 Å². The number of amidine groups is 1. The molecule has 2 aromatic carbocycles. The highest BCUT2D eigenvalue weighted by molar-refractivity contribution is 9.10. The van der Waals surface area contributed by atoms with E-state index >= 15 is 0 Å². The van der Waals surface area contributed by atoms with Crippen molar-refractivity contribution in [1.29, 1.82) is 5.41 Å². The zero-order chi connectivity index (χ0) is 13.4. The van der Waals surface area contributed by atoms with E-state index in [9.17, 15) is 0 Å². The molecule has 0 spiro atoms. The van der Waals surface area contributed by atoms with Gasteiger partial charge in [-0.3, -0.25) is 5.41 Å². The number of nitrogens with zero attached hydrogens (tertiary/aromatic N) is 1. The summed E-state index contributed by atoms with van der Waals surface area (Å²) in [6, 6.07) is 13.8. The molecule has 3 nitrogen and oxygen atoms in total. The standard InChI is InChI=1S/C15H13BrN2O/c1-19-11-6-7-13(16)14(8-11)18-9-10-4-2-3-5-12(10)15(18)17/h2-8,17H,9H2,1H3. The van der Waals surface area contributed by atoms with Gasteiger partial charge in [0.05, 0.1) is 19.3 Å². The Labute approximate surface area is 120 Å². The first kappa shape index (κ1) is 12.2. The fourth-order valence-electron chi connectivity index (χ4n) is 2.32. The van der Waals surface area contributed by atoms with Crippen LogP contribution in [0.2, 0.25) is 0 Å². The van der Waals surface area contributed by atoms with Crippen LogP contribution in [-0.4, -0.2) is 12.9 Å². The van der Waals surface area contributed by atoms with Gasteiger partial charge < -0.3 is 9.64 Å². The van der Waals surface area contributed by atoms with Gasteiger partial charge in [-0.2, -0.15) is 0 Å². The average molecular weight is 317 g/mol. The van der Waals surface area contributed by atoms with Crippen LogP contribution in [0.5, 0.6) is 5.75 Å². The number of ether oxygens (including phenoxy) is 1. The van der Waals surface area contributed by atoms with Crippen LogP contribution in [0.15, 0.2) is 46.9 Å². The molecule has 1 N–H and O–H groups in total. The lowest BCUT2D eigenvalue weighted by Crippen LogP contribution is -2.23. The first-order valence-corrected chi connectivity index (χ1v) is 6.78. The summed E-state index contributed by atoms with van der Waals surface area (Å²) >= 11 is 3.55. The van der Waals surface area contributed by atoms with E-state index in [-0.39, 0.29) is 0 Å². The monoisotopic (exact) mass is 316 g/mol. The molecular formula is C15H13BrN2O. The molecule has 0 fully saturated rings. The van der Waals surface area contributed by atoms with Crippen LogP contribution < -0.4 is 9.64 Å². The predicted octanol–water partition coefficient (Wildman–Crippen LogP) is 3.80. The van der Waals surface area contributed by atoms with Crippen LogP contribution in [0.3, 0.4) is 0 Å². The number of benzene rings is 2. The van der Waals surface area contributed by atoms with Crippen molar-refractivity contribution in [3.8, 4) is 5.75 Å². The zero-order valence-corrected chi connectivity index (χ0v) is 12.1. The second-order valence-corrected chi connectivity index (χ2v) is 5.26. The van der Waals surface area contributed by atoms with E-state index < -0.39 is 0 Å². The van der Waals surface area contributed by atoms with Gasteiger partial charge in [0.15, 0.2) is 0 Å². The first-order chi connectivity index (χ1) is 9.20. The molecule has 2 aromatic rings. The Bertz CT molecular complexity index is 654. The maximum Gasteiger partial charge on any atom is 0.133 e. The van der Waals surface area contributed by atoms with Crippen molar-refractivity contribution in [3.05, 3.63) is 58.1 Å². The number of hydrogen-bond donors (Lipinski definition) is 1. The molecule has 4 heteroatoms. The van der Waals surface area contributed by atoms with E-state index in [2.05, 4.69) is 22.0 Å². The van der Waals surface area contributed by atoms with Crippen molar-refractivity contribution in [2.24, 2.45) is 0 Å². The van der Waals surface area contributed by atoms with Crippen LogP contribution in [0.4, 0.5) is 5.69 Å². The van der Waals surface area contributed by atoms with Gasteiger partial charge >= 0.3 is 0 Å². The van der Waals surface area contributed by atoms with E-state index in [1.165, 1.54) is 5.56 Å². The predicted molar refractivity (Wildman–Crippen MR) is 80.1 cm³/mol. The van der Waals surface area contributed by atoms with Crippen molar-refractivity contribution in [2.75, 3.05) is 12.0 Å². The largest absolute Gasteiger partial charge is 0.497 e. The summed E-state index contributed by atoms with van der Waals surface area (Å²) in [6.45, 7) is 0.723. The minimum atomic E-state index is 0.532. The molecule has 1 aliphatic heterocycles. The second-order valence-electron chi connectivity index (χ2n) is 4.41. The van der Waals surface area contributed by atoms with E-state index in [1.54, 1.807) is 7.11 Å². The highest BCUT2D eigenvalue weighted by Crippen LogP contribution is 2.35. The number of fused-ring (bicyclic) bond motifs is 1. The molecule has 0 bridgehead atoms. The molecule has 0 amide bonds. The average Bonchev–Trinajstić information content (AvgIpc) is 2.77. The normalized spacial score (nSPS) is 13.6. The van der Waals surface area contributed by atoms with Crippen LogP contribution in [0.25, 0.3) is 0 Å². The summed E-state index contributed by atoms with van der Waals surface area (Å²) in [6.07, 6.45) is 0. The Kier molecular flexibility index (Phi) is 3.03. The maximum absolute atomic E-state index is 8.31. The van der Waals surface area contributed by atoms with E-state index in [4.69, 9.17) is 10.1 Å². The zero-order valence-electron chi connectivity index (χ0n) is 10.5. The minimum Gasteiger partial charge on any atom is -0.497 e. The third kappa shape index (κ3) is 2.02. The molecule has 96 valence electrons. The van der Waals surface area contributed by atoms with Crippen LogP contribution in [-0.2, 0) is 6.54 Å². The van der Waals surface area contributed by atoms with Gasteiger partial charge in [0.1, 0.15) is 11.6 Å². The van der Waals surface area contributed by atoms with Crippen molar-refractivity contribution >= 4 is 27.5 Å². The smallest absolute Gasteiger partial charge is 0.133 e. The van der Waals surface area contributed by atoms with Crippen molar-refractivity contribution in [2.45, 2.75) is 6.54 Å². The molecule has 1 heterocycles. The summed E-state index contributed by atoms with van der Waals surface area (Å²) < 4.78 is 6.23. The third-order valence-electron chi connectivity index (χ3n) is 3.31. The Hall–Kier alpha value is -1.81. The number of nitrogens with one attached hydrogen (secondary N) is 1. The lowest BCUT2D eigenvalue weighted by Gasteiger charge is -2.20. The molecule has 0 aromatic heterocycles. The molecule has 3 rings (SSSR count). The number of halogens is 1. The number of hydrogen-bond acceptors (Lipinski definition) is 2. The molecule has 0 aliphatic carbocycles. The molecule has 0 saturated carbocycles. The van der Waals surface area contributed by atoms with Crippen LogP contribution >= 0.6 is 15.9 Å². The Morgan fingerprint density at radius 1 is 1.21 bits per heavy atom. The summed E-state index contributed by atoms with van der Waals surface area (Å²) in [5.74, 6) is 1.33. The highest BCUT2D eigenvalue weighted by Gasteiger charge is 2.26. The first-order valence-electron chi connectivity index (χ1n) is 5.98. The molecule has 0 saturated heterocycles. The van der Waals surface area contributed by atoms with E-state index in [0.717, 1.165) is 28.0 Å². The van der Waals surface area contributed by atoms with Crippen LogP contribution in [0.1, 0.15) is 11.1 Å². The SMILES string of the molecule is COc1ccc(Br)c(N2Cc3ccccc3C2=N)c1. The van der Waals surface area contributed by atoms with Gasteiger partial charge in [-0.05, 0) is 33.6 Å². The summed E-state index contributed by atoms with van der Waals surface area (Å²) in [5.41, 5.74) is 3.14. The quantitative estimate of drug-likeness (QED) is 0.914. The Morgan fingerprint density at radius 3 is 2.74 bits per heavy atom. The van der Waals surface area contributed by atoms with Crippen molar-refractivity contribution in [3.63, 3.8) is 0 Å². The molecule has 19 heavy (non-hydrogen) atoms. The third-order valence-corrected chi connectivity index (χ3v) is 3.99. The summed E-state index contributed by atoms with van der Waals surface area (Å²) in [5, 5.41) is 8.31. The number of rotatable bonds is 2. The molecule has 0 unspecified atom stereocenters. The summed E-state index contributed by atoms with van der Waals surface area (Å²) in [7, 11) is 1.65. The van der Waals surface area contributed by atoms with E-state index in [0.29, 0.717) is 5.84 Å². The lowest BCUT2D eigenvalue weighted by atomic mass is 10.1. The van der Waals surface area contributed by atoms with Gasteiger partial charge in [-0.1, -0.05) is 24.3 Å². The second kappa shape index (κ2) is 4.70. The van der Waals surface area contributed by atoms with Crippen LogP contribution in [0, 0.1) is 5.41 Å². The Balaban J connectivity index is 2.04. The molecule has 0 atom stereocenters. The van der Waals surface area contributed by atoms with Crippen molar-refractivity contribution < 1.29 is 4.74 Å². The van der Waals surface area contributed by atoms with E-state index in [1.807, 2.05) is 41.3 Å². The fraction of sp³-hybridized carbons (Fsp3) is 0.133. The number of anilines is 1. The molecule has 0 radical (unpaired) electrons. The van der Waals surface area contributed by atoms with Gasteiger partial charge in [-0.15, -0.1) is 0 Å². The van der Waals surface area contributed by atoms with Crippen molar-refractivity contribution in [1.82, 2.24) is 0 Å². The fourth-order valence-corrected chi connectivity index (χ4v) is 2.78. The highest BCUT2D eigenvalue weighted by atomic mass is 79.9. The van der Waals surface area contributed by atoms with Gasteiger partial charge in [0, 0.05) is 16.1 Å². The summed E-state index contributed by atoms with van der Waals surface area (Å²) in [4.78, 5) is 1.98. The molecule has 1 aliphatic rings. The lowest BCUT2D eigenvalue weighted by molar-refractivity contribution is 0.415. The molecular weight excluding hydrogens is 304 g/mol. The number of methoxy groups -OCH3 is 1. The minimum absolute atomic E-state index is 0.532.